The van der Waals surface area contributed by atoms with E-state index < -0.39 is 5.82 Å². The summed E-state index contributed by atoms with van der Waals surface area (Å²) in [7, 11) is 1.58. The minimum atomic E-state index is -0.405. The largest absolute Gasteiger partial charge is 0.480 e. The number of hydrogen-bond acceptors (Lipinski definition) is 5. The van der Waals surface area contributed by atoms with Gasteiger partial charge in [-0.05, 0) is 24.6 Å². The summed E-state index contributed by atoms with van der Waals surface area (Å²) in [5, 5.41) is 4.44. The molecule has 7 nitrogen and oxygen atoms in total. The van der Waals surface area contributed by atoms with Gasteiger partial charge in [-0.3, -0.25) is 0 Å². The van der Waals surface area contributed by atoms with Gasteiger partial charge in [-0.15, -0.1) is 5.10 Å². The first-order chi connectivity index (χ1) is 12.7. The van der Waals surface area contributed by atoms with E-state index in [0.717, 1.165) is 23.5 Å². The predicted molar refractivity (Wildman–Crippen MR) is 93.4 cm³/mol. The van der Waals surface area contributed by atoms with Crippen LogP contribution in [0.1, 0.15) is 18.3 Å². The van der Waals surface area contributed by atoms with Crippen LogP contribution in [0, 0.1) is 5.82 Å². The summed E-state index contributed by atoms with van der Waals surface area (Å²) in [5.74, 6) is 0.583. The Hall–Kier alpha value is -3.29. The molecule has 0 bridgehead atoms. The quantitative estimate of drug-likeness (QED) is 0.552. The lowest BCUT2D eigenvalue weighted by atomic mass is 10.2. The Kier molecular flexibility index (Phi) is 4.08. The Balaban J connectivity index is 1.77. The fourth-order valence-electron chi connectivity index (χ4n) is 2.96. The van der Waals surface area contributed by atoms with E-state index in [1.54, 1.807) is 42.3 Å². The fraction of sp³-hybridized carbons (Fsp3) is 0.222. The topological polar surface area (TPSA) is 70.1 Å². The van der Waals surface area contributed by atoms with Crippen molar-refractivity contribution >= 4 is 5.65 Å². The minimum absolute atomic E-state index is 0.221. The molecule has 0 fully saturated rings. The van der Waals surface area contributed by atoms with Crippen LogP contribution in [-0.4, -0.2) is 36.2 Å². The highest BCUT2D eigenvalue weighted by Crippen LogP contribution is 2.21. The highest BCUT2D eigenvalue weighted by Gasteiger charge is 2.17. The van der Waals surface area contributed by atoms with Crippen LogP contribution in [0.15, 0.2) is 42.9 Å². The van der Waals surface area contributed by atoms with Gasteiger partial charge in [-0.1, -0.05) is 6.92 Å². The molecule has 0 aliphatic rings. The zero-order chi connectivity index (χ0) is 18.1. The third-order valence-corrected chi connectivity index (χ3v) is 4.18. The predicted octanol–water partition coefficient (Wildman–Crippen LogP) is 2.75. The van der Waals surface area contributed by atoms with E-state index in [1.807, 2.05) is 17.6 Å². The highest BCUT2D eigenvalue weighted by molar-refractivity contribution is 5.51. The first kappa shape index (κ1) is 16.2. The van der Waals surface area contributed by atoms with Gasteiger partial charge in [0.25, 0.3) is 0 Å². The van der Waals surface area contributed by atoms with Crippen molar-refractivity contribution in [3.8, 4) is 17.4 Å². The van der Waals surface area contributed by atoms with Crippen molar-refractivity contribution in [1.82, 2.24) is 29.1 Å². The van der Waals surface area contributed by atoms with E-state index in [1.165, 1.54) is 6.07 Å². The van der Waals surface area contributed by atoms with Crippen LogP contribution in [0.25, 0.3) is 17.2 Å². The van der Waals surface area contributed by atoms with Gasteiger partial charge < -0.3 is 9.30 Å². The van der Waals surface area contributed by atoms with E-state index in [2.05, 4.69) is 20.1 Å². The number of aromatic nitrogens is 6. The van der Waals surface area contributed by atoms with E-state index in [4.69, 9.17) is 4.74 Å². The summed E-state index contributed by atoms with van der Waals surface area (Å²) in [6.45, 7) is 2.49. The van der Waals surface area contributed by atoms with Crippen molar-refractivity contribution in [2.75, 3.05) is 7.11 Å². The maximum Gasteiger partial charge on any atom is 0.231 e. The van der Waals surface area contributed by atoms with Gasteiger partial charge in [0.1, 0.15) is 5.69 Å². The number of hydrogen-bond donors (Lipinski definition) is 0. The van der Waals surface area contributed by atoms with Crippen molar-refractivity contribution in [2.24, 2.45) is 0 Å². The number of aryl methyl sites for hydroxylation is 1. The van der Waals surface area contributed by atoms with Crippen LogP contribution in [-0.2, 0) is 13.0 Å². The van der Waals surface area contributed by atoms with Gasteiger partial charge in [0.2, 0.25) is 5.88 Å². The molecule has 0 aliphatic carbocycles. The van der Waals surface area contributed by atoms with Crippen LogP contribution >= 0.6 is 0 Å². The average Bonchev–Trinajstić information content (AvgIpc) is 3.25. The molecule has 4 aromatic rings. The molecular formula is C18H17FN6O. The molecule has 0 unspecified atom stereocenters. The number of methoxy groups -OCH3 is 1. The molecule has 4 rings (SSSR count). The average molecular weight is 352 g/mol. The fourth-order valence-corrected chi connectivity index (χ4v) is 2.96. The molecule has 0 aromatic carbocycles. The smallest absolute Gasteiger partial charge is 0.231 e. The number of rotatable bonds is 5. The number of fused-ring (bicyclic) bond motifs is 1. The van der Waals surface area contributed by atoms with E-state index in [-0.39, 0.29) is 5.69 Å². The molecular weight excluding hydrogens is 335 g/mol. The molecule has 0 spiro atoms. The molecule has 0 amide bonds. The number of nitrogens with zero attached hydrogens (tertiary/aromatic N) is 6. The zero-order valence-electron chi connectivity index (χ0n) is 14.4. The van der Waals surface area contributed by atoms with Gasteiger partial charge in [0.15, 0.2) is 17.3 Å². The van der Waals surface area contributed by atoms with Crippen molar-refractivity contribution in [1.29, 1.82) is 0 Å². The third kappa shape index (κ3) is 2.69. The maximum absolute atomic E-state index is 14.1. The van der Waals surface area contributed by atoms with Crippen LogP contribution < -0.4 is 4.74 Å². The van der Waals surface area contributed by atoms with Gasteiger partial charge in [-0.2, -0.15) is 0 Å². The Morgan fingerprint density at radius 1 is 1.15 bits per heavy atom. The van der Waals surface area contributed by atoms with Crippen molar-refractivity contribution in [2.45, 2.75) is 19.9 Å². The lowest BCUT2D eigenvalue weighted by Gasteiger charge is -2.08. The summed E-state index contributed by atoms with van der Waals surface area (Å²) >= 11 is 0. The minimum Gasteiger partial charge on any atom is -0.480 e. The van der Waals surface area contributed by atoms with Gasteiger partial charge >= 0.3 is 0 Å². The lowest BCUT2D eigenvalue weighted by Crippen LogP contribution is -2.06. The molecule has 0 radical (unpaired) electrons. The number of halogens is 1. The van der Waals surface area contributed by atoms with Crippen molar-refractivity contribution in [3.05, 3.63) is 60.1 Å². The Labute approximate surface area is 149 Å². The Bertz CT molecular complexity index is 1070. The lowest BCUT2D eigenvalue weighted by molar-refractivity contribution is 0.389. The van der Waals surface area contributed by atoms with Crippen LogP contribution in [0.2, 0.25) is 0 Å². The zero-order valence-corrected chi connectivity index (χ0v) is 14.4. The molecule has 0 saturated heterocycles. The molecule has 8 heteroatoms. The van der Waals surface area contributed by atoms with E-state index >= 15 is 0 Å². The molecule has 0 saturated carbocycles. The highest BCUT2D eigenvalue weighted by atomic mass is 19.1. The maximum atomic E-state index is 14.1. The first-order valence-electron chi connectivity index (χ1n) is 8.24. The summed E-state index contributed by atoms with van der Waals surface area (Å²) in [6, 6.07) is 6.57. The summed E-state index contributed by atoms with van der Waals surface area (Å²) in [5.41, 5.74) is 2.78. The molecule has 132 valence electrons. The van der Waals surface area contributed by atoms with Crippen LogP contribution in [0.4, 0.5) is 4.39 Å². The monoisotopic (exact) mass is 352 g/mol. The van der Waals surface area contributed by atoms with Crippen LogP contribution in [0.5, 0.6) is 5.88 Å². The summed E-state index contributed by atoms with van der Waals surface area (Å²) in [4.78, 5) is 13.1. The SMILES string of the molecule is CCc1c(Cn2ccnc2-c2ncccc2F)nc2ccc(OC)nn12. The third-order valence-electron chi connectivity index (χ3n) is 4.18. The van der Waals surface area contributed by atoms with E-state index in [0.29, 0.717) is 18.2 Å². The molecule has 4 heterocycles. The van der Waals surface area contributed by atoms with Crippen molar-refractivity contribution < 1.29 is 9.13 Å². The summed E-state index contributed by atoms with van der Waals surface area (Å²) < 4.78 is 22.9. The molecule has 0 N–H and O–H groups in total. The molecule has 0 atom stereocenters. The van der Waals surface area contributed by atoms with Crippen molar-refractivity contribution in [3.63, 3.8) is 0 Å². The number of pyridine rings is 1. The normalized spacial score (nSPS) is 11.2. The molecule has 0 aliphatic heterocycles. The summed E-state index contributed by atoms with van der Waals surface area (Å²) in [6.07, 6.45) is 5.72. The van der Waals surface area contributed by atoms with Gasteiger partial charge in [0, 0.05) is 24.7 Å². The van der Waals surface area contributed by atoms with Crippen LogP contribution in [0.3, 0.4) is 0 Å². The second kappa shape index (κ2) is 6.55. The second-order valence-electron chi connectivity index (χ2n) is 5.72. The standard InChI is InChI=1S/C18H17FN6O/c1-3-14-13(22-15-6-7-16(26-2)23-25(14)15)11-24-10-9-21-18(24)17-12(19)5-4-8-20-17/h4-10H,3,11H2,1-2H3. The van der Waals surface area contributed by atoms with E-state index in [9.17, 15) is 4.39 Å². The number of ether oxygens (including phenoxy) is 1. The Morgan fingerprint density at radius 3 is 2.81 bits per heavy atom. The molecule has 4 aromatic heterocycles. The Morgan fingerprint density at radius 2 is 2.04 bits per heavy atom. The number of imidazole rings is 2. The van der Waals surface area contributed by atoms with Gasteiger partial charge in [-0.25, -0.2) is 23.9 Å². The van der Waals surface area contributed by atoms with Gasteiger partial charge in [0.05, 0.1) is 25.0 Å². The first-order valence-corrected chi connectivity index (χ1v) is 8.24. The second-order valence-corrected chi connectivity index (χ2v) is 5.72. The molecule has 26 heavy (non-hydrogen) atoms.